The summed E-state index contributed by atoms with van der Waals surface area (Å²) in [6, 6.07) is 10.2. The van der Waals surface area contributed by atoms with Gasteiger partial charge in [0.15, 0.2) is 5.78 Å². The number of Topliss-reactive ketones (excluding diaryl/α,β-unsaturated/α-hetero) is 1. The number of hydrogen-bond acceptors (Lipinski definition) is 3. The third-order valence-corrected chi connectivity index (χ3v) is 4.54. The van der Waals surface area contributed by atoms with Gasteiger partial charge in [-0.3, -0.25) is 9.89 Å². The molecular weight excluding hydrogens is 331 g/mol. The number of aryl methyl sites for hydroxylation is 1. The number of fused-ring (bicyclic) bond motifs is 1. The van der Waals surface area contributed by atoms with Crippen LogP contribution in [0.4, 0.5) is 4.39 Å². The van der Waals surface area contributed by atoms with Crippen molar-refractivity contribution in [2.45, 2.75) is 20.3 Å². The molecule has 0 aliphatic rings. The number of hydrogen-bond donors (Lipinski definition) is 2. The van der Waals surface area contributed by atoms with E-state index in [4.69, 9.17) is 0 Å². The van der Waals surface area contributed by atoms with Crippen molar-refractivity contribution in [2.24, 2.45) is 0 Å². The van der Waals surface area contributed by atoms with Crippen LogP contribution in [0.25, 0.3) is 22.3 Å². The number of H-pyrrole nitrogens is 2. The molecule has 4 aromatic rings. The van der Waals surface area contributed by atoms with E-state index >= 15 is 0 Å². The third-order valence-electron chi connectivity index (χ3n) is 4.54. The molecule has 0 aliphatic carbocycles. The summed E-state index contributed by atoms with van der Waals surface area (Å²) in [6.45, 7) is 3.77. The monoisotopic (exact) mass is 348 g/mol. The molecule has 130 valence electrons. The standard InChI is InChI=1S/C20H17FN4O/c1-11-12(2)24-25-19(11)18(26)7-13-6-15-9-17(23-20(15)22-10-13)14-4-3-5-16(21)8-14/h3-6,8-10H,7H2,1-2H3,(H,22,23)(H,24,25). The first-order valence-electron chi connectivity index (χ1n) is 8.29. The summed E-state index contributed by atoms with van der Waals surface area (Å²) in [4.78, 5) is 20.1. The van der Waals surface area contributed by atoms with Crippen LogP contribution in [-0.4, -0.2) is 25.9 Å². The number of aromatic nitrogens is 4. The molecule has 0 aliphatic heterocycles. The lowest BCUT2D eigenvalue weighted by Gasteiger charge is -2.00. The minimum Gasteiger partial charge on any atom is -0.339 e. The van der Waals surface area contributed by atoms with E-state index in [0.29, 0.717) is 11.3 Å². The van der Waals surface area contributed by atoms with Gasteiger partial charge in [-0.05, 0) is 43.7 Å². The van der Waals surface area contributed by atoms with Crippen LogP contribution in [0.15, 0.2) is 42.6 Å². The molecule has 26 heavy (non-hydrogen) atoms. The fraction of sp³-hybridized carbons (Fsp3) is 0.150. The van der Waals surface area contributed by atoms with E-state index in [1.165, 1.54) is 12.1 Å². The zero-order chi connectivity index (χ0) is 18.3. The average Bonchev–Trinajstić information content (AvgIpc) is 3.18. The van der Waals surface area contributed by atoms with Gasteiger partial charge in [-0.25, -0.2) is 9.37 Å². The van der Waals surface area contributed by atoms with Gasteiger partial charge in [0.25, 0.3) is 0 Å². The Morgan fingerprint density at radius 2 is 2.04 bits per heavy atom. The number of ketones is 1. The van der Waals surface area contributed by atoms with Crippen LogP contribution >= 0.6 is 0 Å². The summed E-state index contributed by atoms with van der Waals surface area (Å²) < 4.78 is 13.4. The Kier molecular flexibility index (Phi) is 3.88. The summed E-state index contributed by atoms with van der Waals surface area (Å²) in [5.41, 5.74) is 5.29. The molecule has 0 bridgehead atoms. The Hall–Kier alpha value is -3.28. The number of pyridine rings is 1. The molecule has 5 nitrogen and oxygen atoms in total. The van der Waals surface area contributed by atoms with E-state index in [0.717, 1.165) is 33.5 Å². The lowest BCUT2D eigenvalue weighted by Crippen LogP contribution is -2.06. The van der Waals surface area contributed by atoms with Crippen molar-refractivity contribution in [1.29, 1.82) is 0 Å². The fourth-order valence-corrected chi connectivity index (χ4v) is 2.99. The van der Waals surface area contributed by atoms with Crippen LogP contribution in [0.2, 0.25) is 0 Å². The Bertz CT molecular complexity index is 1130. The maximum absolute atomic E-state index is 13.4. The Balaban J connectivity index is 1.63. The predicted molar refractivity (Wildman–Crippen MR) is 97.6 cm³/mol. The number of nitrogens with one attached hydrogen (secondary N) is 2. The molecular formula is C20H17FN4O. The van der Waals surface area contributed by atoms with E-state index in [-0.39, 0.29) is 18.0 Å². The van der Waals surface area contributed by atoms with Crippen molar-refractivity contribution < 1.29 is 9.18 Å². The predicted octanol–water partition coefficient (Wildman–Crippen LogP) is 4.13. The summed E-state index contributed by atoms with van der Waals surface area (Å²) >= 11 is 0. The molecule has 6 heteroatoms. The second kappa shape index (κ2) is 6.22. The van der Waals surface area contributed by atoms with Gasteiger partial charge >= 0.3 is 0 Å². The number of carbonyl (C=O) groups excluding carboxylic acids is 1. The van der Waals surface area contributed by atoms with Crippen molar-refractivity contribution >= 4 is 16.8 Å². The Morgan fingerprint density at radius 1 is 1.19 bits per heavy atom. The molecule has 0 amide bonds. The van der Waals surface area contributed by atoms with Crippen LogP contribution in [0.1, 0.15) is 27.3 Å². The Morgan fingerprint density at radius 3 is 2.77 bits per heavy atom. The van der Waals surface area contributed by atoms with Gasteiger partial charge in [0.2, 0.25) is 0 Å². The normalized spacial score (nSPS) is 11.2. The van der Waals surface area contributed by atoms with E-state index in [1.54, 1.807) is 12.3 Å². The van der Waals surface area contributed by atoms with Crippen molar-refractivity contribution in [1.82, 2.24) is 20.2 Å². The van der Waals surface area contributed by atoms with Crippen molar-refractivity contribution in [2.75, 3.05) is 0 Å². The summed E-state index contributed by atoms with van der Waals surface area (Å²) in [5, 5.41) is 7.81. The van der Waals surface area contributed by atoms with Crippen LogP contribution in [0.3, 0.4) is 0 Å². The largest absolute Gasteiger partial charge is 0.339 e. The number of halogens is 1. The van der Waals surface area contributed by atoms with Crippen LogP contribution < -0.4 is 0 Å². The number of carbonyl (C=O) groups is 1. The SMILES string of the molecule is Cc1[nH]nc(C(=O)Cc2cnc3[nH]c(-c4cccc(F)c4)cc3c2)c1C. The molecule has 0 unspecified atom stereocenters. The van der Waals surface area contributed by atoms with Crippen LogP contribution in [0, 0.1) is 19.7 Å². The molecule has 3 heterocycles. The molecule has 0 spiro atoms. The van der Waals surface area contributed by atoms with Gasteiger partial charge < -0.3 is 4.98 Å². The molecule has 4 rings (SSSR count). The van der Waals surface area contributed by atoms with Gasteiger partial charge in [0.05, 0.1) is 0 Å². The topological polar surface area (TPSA) is 74.4 Å². The minimum atomic E-state index is -0.287. The maximum atomic E-state index is 13.4. The highest BCUT2D eigenvalue weighted by atomic mass is 19.1. The van der Waals surface area contributed by atoms with Crippen molar-refractivity contribution in [3.63, 3.8) is 0 Å². The number of aromatic amines is 2. The zero-order valence-electron chi connectivity index (χ0n) is 14.4. The first-order valence-corrected chi connectivity index (χ1v) is 8.29. The molecule has 1 aromatic carbocycles. The van der Waals surface area contributed by atoms with Crippen LogP contribution in [-0.2, 0) is 6.42 Å². The summed E-state index contributed by atoms with van der Waals surface area (Å²) in [7, 11) is 0. The highest BCUT2D eigenvalue weighted by molar-refractivity contribution is 5.97. The quantitative estimate of drug-likeness (QED) is 0.545. The summed E-state index contributed by atoms with van der Waals surface area (Å²) in [6.07, 6.45) is 1.91. The fourth-order valence-electron chi connectivity index (χ4n) is 2.99. The van der Waals surface area contributed by atoms with Gasteiger partial charge in [-0.15, -0.1) is 0 Å². The molecule has 2 N–H and O–H groups in total. The second-order valence-corrected chi connectivity index (χ2v) is 6.40. The first-order chi connectivity index (χ1) is 12.5. The van der Waals surface area contributed by atoms with E-state index in [1.807, 2.05) is 32.0 Å². The van der Waals surface area contributed by atoms with E-state index in [9.17, 15) is 9.18 Å². The highest BCUT2D eigenvalue weighted by Crippen LogP contribution is 2.24. The molecule has 0 saturated heterocycles. The van der Waals surface area contributed by atoms with E-state index < -0.39 is 0 Å². The average molecular weight is 348 g/mol. The third kappa shape index (κ3) is 2.90. The van der Waals surface area contributed by atoms with Crippen molar-refractivity contribution in [3.8, 4) is 11.3 Å². The van der Waals surface area contributed by atoms with Crippen molar-refractivity contribution in [3.05, 3.63) is 70.9 Å². The zero-order valence-corrected chi connectivity index (χ0v) is 14.4. The molecule has 0 atom stereocenters. The molecule has 3 aromatic heterocycles. The smallest absolute Gasteiger partial charge is 0.187 e. The molecule has 0 saturated carbocycles. The first kappa shape index (κ1) is 16.2. The maximum Gasteiger partial charge on any atom is 0.187 e. The van der Waals surface area contributed by atoms with Crippen LogP contribution in [0.5, 0.6) is 0 Å². The number of rotatable bonds is 4. The number of benzene rings is 1. The van der Waals surface area contributed by atoms with Gasteiger partial charge in [0.1, 0.15) is 17.2 Å². The molecule has 0 radical (unpaired) electrons. The van der Waals surface area contributed by atoms with Gasteiger partial charge in [-0.2, -0.15) is 5.10 Å². The second-order valence-electron chi connectivity index (χ2n) is 6.40. The van der Waals surface area contributed by atoms with Gasteiger partial charge in [0, 0.05) is 40.5 Å². The molecule has 0 fully saturated rings. The highest BCUT2D eigenvalue weighted by Gasteiger charge is 2.15. The van der Waals surface area contributed by atoms with E-state index in [2.05, 4.69) is 20.2 Å². The summed E-state index contributed by atoms with van der Waals surface area (Å²) in [5.74, 6) is -0.334. The number of nitrogens with zero attached hydrogens (tertiary/aromatic N) is 2. The lowest BCUT2D eigenvalue weighted by molar-refractivity contribution is 0.0987. The van der Waals surface area contributed by atoms with Gasteiger partial charge in [-0.1, -0.05) is 12.1 Å². The lowest BCUT2D eigenvalue weighted by atomic mass is 10.0. The Labute approximate surface area is 149 Å². The minimum absolute atomic E-state index is 0.0473.